The second-order valence-electron chi connectivity index (χ2n) is 5.03. The lowest BCUT2D eigenvalue weighted by Gasteiger charge is -2.23. The lowest BCUT2D eigenvalue weighted by molar-refractivity contribution is 0.0320. The lowest BCUT2D eigenvalue weighted by atomic mass is 9.99. The van der Waals surface area contributed by atoms with E-state index in [1.54, 1.807) is 0 Å². The van der Waals surface area contributed by atoms with Gasteiger partial charge in [0.1, 0.15) is 0 Å². The van der Waals surface area contributed by atoms with E-state index in [0.29, 0.717) is 6.10 Å². The van der Waals surface area contributed by atoms with Crippen molar-refractivity contribution in [2.24, 2.45) is 5.84 Å². The Morgan fingerprint density at radius 2 is 2.06 bits per heavy atom. The van der Waals surface area contributed by atoms with Gasteiger partial charge in [-0.1, -0.05) is 29.8 Å². The van der Waals surface area contributed by atoms with Crippen molar-refractivity contribution in [3.8, 4) is 0 Å². The van der Waals surface area contributed by atoms with Crippen molar-refractivity contribution in [1.82, 2.24) is 5.43 Å². The number of hydrazine groups is 1. The summed E-state index contributed by atoms with van der Waals surface area (Å²) in [5.74, 6) is 5.65. The maximum atomic E-state index is 5.87. The van der Waals surface area contributed by atoms with Gasteiger partial charge in [0.2, 0.25) is 0 Å². The number of benzene rings is 1. The first-order valence-corrected chi connectivity index (χ1v) is 6.36. The molecule has 1 heterocycles. The van der Waals surface area contributed by atoms with Gasteiger partial charge in [-0.25, -0.2) is 0 Å². The first-order valence-electron chi connectivity index (χ1n) is 6.36. The molecule has 3 nitrogen and oxygen atoms in total. The highest BCUT2D eigenvalue weighted by Gasteiger charge is 2.28. The van der Waals surface area contributed by atoms with Crippen LogP contribution in [-0.2, 0) is 11.2 Å². The van der Waals surface area contributed by atoms with E-state index in [4.69, 9.17) is 10.6 Å². The van der Waals surface area contributed by atoms with Gasteiger partial charge in [0.15, 0.2) is 0 Å². The molecular weight excluding hydrogens is 212 g/mol. The number of rotatable bonds is 4. The van der Waals surface area contributed by atoms with Gasteiger partial charge in [-0.3, -0.25) is 11.3 Å². The zero-order chi connectivity index (χ0) is 12.3. The van der Waals surface area contributed by atoms with Crippen molar-refractivity contribution >= 4 is 0 Å². The normalized spacial score (nSPS) is 26.1. The first kappa shape index (κ1) is 12.6. The van der Waals surface area contributed by atoms with Crippen LogP contribution in [0.4, 0.5) is 0 Å². The minimum Gasteiger partial charge on any atom is -0.374 e. The van der Waals surface area contributed by atoms with E-state index in [1.165, 1.54) is 11.1 Å². The van der Waals surface area contributed by atoms with Crippen LogP contribution in [0, 0.1) is 6.92 Å². The van der Waals surface area contributed by atoms with Crippen LogP contribution in [0.1, 0.15) is 30.9 Å². The number of hydrogen-bond acceptors (Lipinski definition) is 3. The summed E-state index contributed by atoms with van der Waals surface area (Å²) in [5.41, 5.74) is 5.50. The second kappa shape index (κ2) is 5.63. The quantitative estimate of drug-likeness (QED) is 0.618. The molecule has 0 saturated carbocycles. The molecule has 0 aromatic heterocycles. The molecule has 3 unspecified atom stereocenters. The van der Waals surface area contributed by atoms with Crippen LogP contribution in [-0.4, -0.2) is 18.2 Å². The average molecular weight is 234 g/mol. The van der Waals surface area contributed by atoms with Crippen LogP contribution in [0.15, 0.2) is 24.3 Å². The van der Waals surface area contributed by atoms with Gasteiger partial charge in [0, 0.05) is 0 Å². The van der Waals surface area contributed by atoms with E-state index in [1.807, 2.05) is 0 Å². The monoisotopic (exact) mass is 234 g/mol. The van der Waals surface area contributed by atoms with E-state index in [0.717, 1.165) is 19.3 Å². The zero-order valence-corrected chi connectivity index (χ0v) is 10.6. The Labute approximate surface area is 103 Å². The van der Waals surface area contributed by atoms with Gasteiger partial charge in [-0.15, -0.1) is 0 Å². The number of aryl methyl sites for hydroxylation is 1. The Bertz CT molecular complexity index is 350. The summed E-state index contributed by atoms with van der Waals surface area (Å²) in [4.78, 5) is 0. The largest absolute Gasteiger partial charge is 0.374 e. The maximum Gasteiger partial charge on any atom is 0.0749 e. The molecule has 3 atom stereocenters. The SMILES string of the molecule is Cc1ccc(CC(NN)C2CCC(C)O2)cc1. The summed E-state index contributed by atoms with van der Waals surface area (Å²) >= 11 is 0. The Morgan fingerprint density at radius 1 is 1.35 bits per heavy atom. The molecule has 1 saturated heterocycles. The fraction of sp³-hybridized carbons (Fsp3) is 0.571. The van der Waals surface area contributed by atoms with Gasteiger partial charge in [-0.2, -0.15) is 0 Å². The van der Waals surface area contributed by atoms with Crippen molar-refractivity contribution in [3.63, 3.8) is 0 Å². The molecule has 1 aromatic rings. The molecule has 1 aromatic carbocycles. The fourth-order valence-electron chi connectivity index (χ4n) is 2.41. The highest BCUT2D eigenvalue weighted by atomic mass is 16.5. The standard InChI is InChI=1S/C14H22N2O/c1-10-3-6-12(7-4-10)9-13(16-15)14-8-5-11(2)17-14/h3-4,6-7,11,13-14,16H,5,8-9,15H2,1-2H3. The molecule has 1 aliphatic heterocycles. The van der Waals surface area contributed by atoms with Gasteiger partial charge in [0.25, 0.3) is 0 Å². The summed E-state index contributed by atoms with van der Waals surface area (Å²) in [6.07, 6.45) is 3.78. The zero-order valence-electron chi connectivity index (χ0n) is 10.6. The summed E-state index contributed by atoms with van der Waals surface area (Å²) in [6, 6.07) is 8.82. The summed E-state index contributed by atoms with van der Waals surface area (Å²) in [7, 11) is 0. The number of nitrogens with one attached hydrogen (secondary N) is 1. The summed E-state index contributed by atoms with van der Waals surface area (Å²) < 4.78 is 5.87. The molecular formula is C14H22N2O. The molecule has 94 valence electrons. The fourth-order valence-corrected chi connectivity index (χ4v) is 2.41. The Balaban J connectivity index is 1.97. The smallest absolute Gasteiger partial charge is 0.0749 e. The molecule has 3 N–H and O–H groups in total. The maximum absolute atomic E-state index is 5.87. The van der Waals surface area contributed by atoms with Crippen LogP contribution >= 0.6 is 0 Å². The van der Waals surface area contributed by atoms with Crippen molar-refractivity contribution in [2.75, 3.05) is 0 Å². The first-order chi connectivity index (χ1) is 8.19. The predicted octanol–water partition coefficient (Wildman–Crippen LogP) is 1.94. The highest BCUT2D eigenvalue weighted by molar-refractivity contribution is 5.22. The van der Waals surface area contributed by atoms with Crippen LogP contribution in [0.25, 0.3) is 0 Å². The van der Waals surface area contributed by atoms with Crippen molar-refractivity contribution < 1.29 is 4.74 Å². The molecule has 1 fully saturated rings. The van der Waals surface area contributed by atoms with E-state index < -0.39 is 0 Å². The van der Waals surface area contributed by atoms with E-state index in [-0.39, 0.29) is 12.1 Å². The van der Waals surface area contributed by atoms with Crippen LogP contribution in [0.5, 0.6) is 0 Å². The number of nitrogens with two attached hydrogens (primary N) is 1. The molecule has 0 radical (unpaired) electrons. The number of hydrogen-bond donors (Lipinski definition) is 2. The molecule has 0 aliphatic carbocycles. The Morgan fingerprint density at radius 3 is 2.59 bits per heavy atom. The van der Waals surface area contributed by atoms with Crippen LogP contribution in [0.3, 0.4) is 0 Å². The third kappa shape index (κ3) is 3.28. The molecule has 3 heteroatoms. The third-order valence-corrected chi connectivity index (χ3v) is 3.50. The van der Waals surface area contributed by atoms with Gasteiger partial charge < -0.3 is 4.74 Å². The lowest BCUT2D eigenvalue weighted by Crippen LogP contribution is -2.45. The Kier molecular flexibility index (Phi) is 4.15. The van der Waals surface area contributed by atoms with Gasteiger partial charge >= 0.3 is 0 Å². The van der Waals surface area contributed by atoms with Gasteiger partial charge in [-0.05, 0) is 38.7 Å². The summed E-state index contributed by atoms with van der Waals surface area (Å²) in [5, 5.41) is 0. The van der Waals surface area contributed by atoms with E-state index >= 15 is 0 Å². The minimum absolute atomic E-state index is 0.211. The van der Waals surface area contributed by atoms with Crippen molar-refractivity contribution in [1.29, 1.82) is 0 Å². The predicted molar refractivity (Wildman–Crippen MR) is 69.6 cm³/mol. The summed E-state index contributed by atoms with van der Waals surface area (Å²) in [6.45, 7) is 4.23. The average Bonchev–Trinajstić information content (AvgIpc) is 2.75. The highest BCUT2D eigenvalue weighted by Crippen LogP contribution is 2.23. The Hall–Kier alpha value is -0.900. The van der Waals surface area contributed by atoms with E-state index in [2.05, 4.69) is 43.5 Å². The second-order valence-corrected chi connectivity index (χ2v) is 5.03. The minimum atomic E-state index is 0.211. The molecule has 0 bridgehead atoms. The van der Waals surface area contributed by atoms with Gasteiger partial charge in [0.05, 0.1) is 18.2 Å². The third-order valence-electron chi connectivity index (χ3n) is 3.50. The molecule has 17 heavy (non-hydrogen) atoms. The molecule has 0 spiro atoms. The topological polar surface area (TPSA) is 47.3 Å². The van der Waals surface area contributed by atoms with E-state index in [9.17, 15) is 0 Å². The molecule has 1 aliphatic rings. The molecule has 2 rings (SSSR count). The number of ether oxygens (including phenoxy) is 1. The molecule has 0 amide bonds. The van der Waals surface area contributed by atoms with Crippen LogP contribution < -0.4 is 11.3 Å². The van der Waals surface area contributed by atoms with Crippen molar-refractivity contribution in [2.45, 2.75) is 51.4 Å². The van der Waals surface area contributed by atoms with Crippen LogP contribution in [0.2, 0.25) is 0 Å². The van der Waals surface area contributed by atoms with Crippen molar-refractivity contribution in [3.05, 3.63) is 35.4 Å².